The van der Waals surface area contributed by atoms with E-state index < -0.39 is 28.5 Å². The maximum absolute atomic E-state index is 12.5. The van der Waals surface area contributed by atoms with Gasteiger partial charge in [0.25, 0.3) is 5.91 Å². The maximum atomic E-state index is 12.5. The van der Waals surface area contributed by atoms with E-state index in [-0.39, 0.29) is 17.9 Å². The fourth-order valence-electron chi connectivity index (χ4n) is 2.96. The van der Waals surface area contributed by atoms with Crippen molar-refractivity contribution in [1.29, 1.82) is 0 Å². The molecule has 0 aliphatic carbocycles. The Hall–Kier alpha value is -3.43. The number of para-hydroxylation sites is 2. The molecule has 9 heteroatoms. The second-order valence-corrected chi connectivity index (χ2v) is 8.56. The number of anilines is 1. The highest BCUT2D eigenvalue weighted by molar-refractivity contribution is 7.89. The molecular formula is C23H24N2O6S. The number of amides is 1. The Morgan fingerprint density at radius 3 is 2.44 bits per heavy atom. The van der Waals surface area contributed by atoms with Crippen molar-refractivity contribution in [3.05, 3.63) is 66.7 Å². The van der Waals surface area contributed by atoms with Gasteiger partial charge in [-0.25, -0.2) is 13.1 Å². The first-order valence-electron chi connectivity index (χ1n) is 10.0. The second kappa shape index (κ2) is 10.7. The van der Waals surface area contributed by atoms with E-state index in [9.17, 15) is 18.0 Å². The zero-order chi connectivity index (χ0) is 23.0. The monoisotopic (exact) mass is 456 g/mol. The SMILES string of the molecule is CCOc1ccccc1NC(=O)COC(=O)CCNS(=O)(=O)c1ccc2ccccc2c1. The molecule has 3 aromatic rings. The van der Waals surface area contributed by atoms with Gasteiger partial charge < -0.3 is 14.8 Å². The molecule has 32 heavy (non-hydrogen) atoms. The number of hydrogen-bond acceptors (Lipinski definition) is 6. The van der Waals surface area contributed by atoms with Crippen molar-refractivity contribution < 1.29 is 27.5 Å². The topological polar surface area (TPSA) is 111 Å². The molecular weight excluding hydrogens is 432 g/mol. The average Bonchev–Trinajstić information content (AvgIpc) is 2.79. The number of hydrogen-bond donors (Lipinski definition) is 2. The van der Waals surface area contributed by atoms with Crippen molar-refractivity contribution in [2.24, 2.45) is 0 Å². The molecule has 0 unspecified atom stereocenters. The molecule has 1 amide bonds. The first kappa shape index (κ1) is 23.2. The molecule has 0 heterocycles. The highest BCUT2D eigenvalue weighted by atomic mass is 32.2. The van der Waals surface area contributed by atoms with Gasteiger partial charge in [0, 0.05) is 6.54 Å². The Labute approximate surface area is 186 Å². The number of rotatable bonds is 10. The molecule has 0 aliphatic heterocycles. The van der Waals surface area contributed by atoms with Crippen LogP contribution in [0.25, 0.3) is 10.8 Å². The number of carbonyl (C=O) groups excluding carboxylic acids is 2. The van der Waals surface area contributed by atoms with Crippen molar-refractivity contribution in [3.8, 4) is 5.75 Å². The fourth-order valence-corrected chi connectivity index (χ4v) is 4.03. The Morgan fingerprint density at radius 1 is 0.938 bits per heavy atom. The zero-order valence-corrected chi connectivity index (χ0v) is 18.4. The molecule has 0 aromatic heterocycles. The first-order chi connectivity index (χ1) is 15.4. The van der Waals surface area contributed by atoms with Crippen LogP contribution in [0.2, 0.25) is 0 Å². The molecule has 8 nitrogen and oxygen atoms in total. The number of ether oxygens (including phenoxy) is 2. The molecule has 3 rings (SSSR count). The number of nitrogens with one attached hydrogen (secondary N) is 2. The van der Waals surface area contributed by atoms with E-state index in [2.05, 4.69) is 10.0 Å². The lowest BCUT2D eigenvalue weighted by Crippen LogP contribution is -2.28. The number of esters is 1. The van der Waals surface area contributed by atoms with Gasteiger partial charge in [-0.3, -0.25) is 9.59 Å². The standard InChI is InChI=1S/C23H24N2O6S/c1-2-30-21-10-6-5-9-20(21)25-22(26)16-31-23(27)13-14-24-32(28,29)19-12-11-17-7-3-4-8-18(17)15-19/h3-12,15,24H,2,13-14,16H2,1H3,(H,25,26). The summed E-state index contributed by atoms with van der Waals surface area (Å²) in [6, 6.07) is 19.1. The largest absolute Gasteiger partial charge is 0.492 e. The van der Waals surface area contributed by atoms with Crippen LogP contribution in [0, 0.1) is 0 Å². The third kappa shape index (κ3) is 6.29. The van der Waals surface area contributed by atoms with Crippen LogP contribution in [0.4, 0.5) is 5.69 Å². The summed E-state index contributed by atoms with van der Waals surface area (Å²) in [6.45, 7) is 1.63. The van der Waals surface area contributed by atoms with Gasteiger partial charge in [-0.1, -0.05) is 42.5 Å². The van der Waals surface area contributed by atoms with Gasteiger partial charge in [0.05, 0.1) is 23.6 Å². The van der Waals surface area contributed by atoms with E-state index in [1.807, 2.05) is 31.2 Å². The van der Waals surface area contributed by atoms with Crippen LogP contribution in [0.15, 0.2) is 71.6 Å². The Kier molecular flexibility index (Phi) is 7.80. The minimum absolute atomic E-state index is 0.108. The van der Waals surface area contributed by atoms with Crippen LogP contribution in [0.3, 0.4) is 0 Å². The molecule has 2 N–H and O–H groups in total. The van der Waals surface area contributed by atoms with E-state index in [0.717, 1.165) is 10.8 Å². The molecule has 0 saturated heterocycles. The molecule has 0 radical (unpaired) electrons. The van der Waals surface area contributed by atoms with E-state index in [1.165, 1.54) is 6.07 Å². The summed E-state index contributed by atoms with van der Waals surface area (Å²) in [6.07, 6.45) is -0.213. The normalized spacial score (nSPS) is 11.2. The third-order valence-corrected chi connectivity index (χ3v) is 5.94. The second-order valence-electron chi connectivity index (χ2n) is 6.79. The minimum Gasteiger partial charge on any atom is -0.492 e. The lowest BCUT2D eigenvalue weighted by molar-refractivity contribution is -0.147. The van der Waals surface area contributed by atoms with Crippen molar-refractivity contribution >= 4 is 38.4 Å². The average molecular weight is 457 g/mol. The summed E-state index contributed by atoms with van der Waals surface area (Å²) in [5.41, 5.74) is 0.471. The molecule has 0 fully saturated rings. The number of fused-ring (bicyclic) bond motifs is 1. The van der Waals surface area contributed by atoms with Crippen LogP contribution >= 0.6 is 0 Å². The van der Waals surface area contributed by atoms with Crippen LogP contribution < -0.4 is 14.8 Å². The zero-order valence-electron chi connectivity index (χ0n) is 17.5. The highest BCUT2D eigenvalue weighted by Gasteiger charge is 2.16. The van der Waals surface area contributed by atoms with Gasteiger partial charge in [0.2, 0.25) is 10.0 Å². The van der Waals surface area contributed by atoms with E-state index in [4.69, 9.17) is 9.47 Å². The Bertz CT molecular complexity index is 1210. The molecule has 0 atom stereocenters. The minimum atomic E-state index is -3.78. The summed E-state index contributed by atoms with van der Waals surface area (Å²) >= 11 is 0. The van der Waals surface area contributed by atoms with Crippen molar-refractivity contribution in [2.75, 3.05) is 25.1 Å². The molecule has 0 spiro atoms. The lowest BCUT2D eigenvalue weighted by atomic mass is 10.1. The van der Waals surface area contributed by atoms with Crippen molar-refractivity contribution in [1.82, 2.24) is 4.72 Å². The predicted molar refractivity (Wildman–Crippen MR) is 121 cm³/mol. The predicted octanol–water partition coefficient (Wildman–Crippen LogP) is 3.09. The van der Waals surface area contributed by atoms with Crippen LogP contribution in [0.5, 0.6) is 5.75 Å². The maximum Gasteiger partial charge on any atom is 0.307 e. The molecule has 0 saturated carbocycles. The summed E-state index contributed by atoms with van der Waals surface area (Å²) < 4.78 is 37.7. The molecule has 3 aromatic carbocycles. The van der Waals surface area contributed by atoms with Gasteiger partial charge >= 0.3 is 5.97 Å². The smallest absolute Gasteiger partial charge is 0.307 e. The molecule has 0 bridgehead atoms. The first-order valence-corrected chi connectivity index (χ1v) is 11.5. The molecule has 0 aliphatic rings. The summed E-state index contributed by atoms with van der Waals surface area (Å²) in [4.78, 5) is 24.1. The number of carbonyl (C=O) groups is 2. The van der Waals surface area contributed by atoms with Crippen LogP contribution in [-0.4, -0.2) is 40.1 Å². The van der Waals surface area contributed by atoms with Crippen molar-refractivity contribution in [2.45, 2.75) is 18.2 Å². The highest BCUT2D eigenvalue weighted by Crippen LogP contribution is 2.23. The lowest BCUT2D eigenvalue weighted by Gasteiger charge is -2.11. The number of benzene rings is 3. The van der Waals surface area contributed by atoms with Gasteiger partial charge in [0.15, 0.2) is 6.61 Å². The van der Waals surface area contributed by atoms with E-state index >= 15 is 0 Å². The van der Waals surface area contributed by atoms with Crippen LogP contribution in [-0.2, 0) is 24.3 Å². The Morgan fingerprint density at radius 2 is 1.66 bits per heavy atom. The third-order valence-electron chi connectivity index (χ3n) is 4.48. The Balaban J connectivity index is 1.46. The summed E-state index contributed by atoms with van der Waals surface area (Å²) in [5.74, 6) is -0.709. The van der Waals surface area contributed by atoms with E-state index in [0.29, 0.717) is 18.0 Å². The van der Waals surface area contributed by atoms with Crippen LogP contribution in [0.1, 0.15) is 13.3 Å². The van der Waals surface area contributed by atoms with Gasteiger partial charge in [0.1, 0.15) is 5.75 Å². The quantitative estimate of drug-likeness (QED) is 0.454. The summed E-state index contributed by atoms with van der Waals surface area (Å²) in [7, 11) is -3.78. The van der Waals surface area contributed by atoms with Crippen molar-refractivity contribution in [3.63, 3.8) is 0 Å². The van der Waals surface area contributed by atoms with Gasteiger partial charge in [-0.05, 0) is 42.0 Å². The van der Waals surface area contributed by atoms with E-state index in [1.54, 1.807) is 36.4 Å². The molecule has 168 valence electrons. The summed E-state index contributed by atoms with van der Waals surface area (Å²) in [5, 5.41) is 4.34. The van der Waals surface area contributed by atoms with Gasteiger partial charge in [-0.2, -0.15) is 0 Å². The fraction of sp³-hybridized carbons (Fsp3) is 0.217. The van der Waals surface area contributed by atoms with Gasteiger partial charge in [-0.15, -0.1) is 0 Å². The number of sulfonamides is 1.